The van der Waals surface area contributed by atoms with Crippen LogP contribution in [0, 0.1) is 0 Å². The molecule has 0 aliphatic heterocycles. The van der Waals surface area contributed by atoms with Gasteiger partial charge in [-0.05, 0) is 54.4 Å². The first-order chi connectivity index (χ1) is 15.3. The van der Waals surface area contributed by atoms with Gasteiger partial charge in [0.05, 0.1) is 28.9 Å². The molecule has 4 aromatic rings. The minimum absolute atomic E-state index is 0.0536. The number of hydrogen-bond donors (Lipinski definition) is 1. The topological polar surface area (TPSA) is 59.4 Å². The molecule has 0 bridgehead atoms. The summed E-state index contributed by atoms with van der Waals surface area (Å²) in [5, 5.41) is 9.53. The number of alkyl halides is 3. The van der Waals surface area contributed by atoms with Crippen LogP contribution in [0.1, 0.15) is 22.8 Å². The van der Waals surface area contributed by atoms with Crippen LogP contribution in [0.2, 0.25) is 0 Å². The molecule has 7 heteroatoms. The van der Waals surface area contributed by atoms with Crippen LogP contribution in [0.5, 0.6) is 5.75 Å². The predicted molar refractivity (Wildman–Crippen MR) is 116 cm³/mol. The minimum atomic E-state index is -4.57. The van der Waals surface area contributed by atoms with Crippen molar-refractivity contribution in [3.8, 4) is 28.1 Å². The maximum absolute atomic E-state index is 13.1. The van der Waals surface area contributed by atoms with Gasteiger partial charge in [0, 0.05) is 10.9 Å². The normalized spacial score (nSPS) is 11.5. The van der Waals surface area contributed by atoms with E-state index in [4.69, 9.17) is 4.74 Å². The molecule has 0 fully saturated rings. The van der Waals surface area contributed by atoms with Crippen molar-refractivity contribution >= 4 is 16.9 Å². The van der Waals surface area contributed by atoms with E-state index in [0.717, 1.165) is 29.0 Å². The van der Waals surface area contributed by atoms with E-state index in [-0.39, 0.29) is 16.5 Å². The molecule has 0 saturated carbocycles. The number of aromatic carboxylic acids is 1. The molecule has 4 nitrogen and oxygen atoms in total. The average molecular weight is 437 g/mol. The van der Waals surface area contributed by atoms with E-state index in [1.165, 1.54) is 12.1 Å². The molecule has 162 valence electrons. The molecule has 0 saturated heterocycles. The summed E-state index contributed by atoms with van der Waals surface area (Å²) in [5.74, 6) is -0.535. The molecule has 0 unspecified atom stereocenters. The van der Waals surface area contributed by atoms with Gasteiger partial charge in [-0.2, -0.15) is 13.2 Å². The Kier molecular flexibility index (Phi) is 5.57. The molecule has 3 aromatic carbocycles. The first kappa shape index (κ1) is 21.4. The zero-order valence-electron chi connectivity index (χ0n) is 17.0. The van der Waals surface area contributed by atoms with Gasteiger partial charge >= 0.3 is 12.1 Å². The van der Waals surface area contributed by atoms with Gasteiger partial charge in [-0.25, -0.2) is 9.78 Å². The molecule has 0 spiro atoms. The summed E-state index contributed by atoms with van der Waals surface area (Å²) >= 11 is 0. The van der Waals surface area contributed by atoms with Crippen LogP contribution >= 0.6 is 0 Å². The zero-order valence-corrected chi connectivity index (χ0v) is 17.0. The SMILES string of the molecule is CCOc1ccc(-c2ccc(-c3cc(C(=O)O)c4cc(C(F)(F)F)ccc4n3)cc2)cc1. The average Bonchev–Trinajstić information content (AvgIpc) is 2.78. The van der Waals surface area contributed by atoms with Crippen LogP contribution in [0.4, 0.5) is 13.2 Å². The lowest BCUT2D eigenvalue weighted by molar-refractivity contribution is -0.137. The third-order valence-electron chi connectivity index (χ3n) is 5.05. The molecular weight excluding hydrogens is 419 g/mol. The van der Waals surface area contributed by atoms with Gasteiger partial charge in [-0.1, -0.05) is 36.4 Å². The first-order valence-corrected chi connectivity index (χ1v) is 9.85. The van der Waals surface area contributed by atoms with E-state index in [9.17, 15) is 23.1 Å². The highest BCUT2D eigenvalue weighted by Crippen LogP contribution is 2.34. The van der Waals surface area contributed by atoms with Gasteiger partial charge in [-0.15, -0.1) is 0 Å². The fourth-order valence-electron chi connectivity index (χ4n) is 3.47. The van der Waals surface area contributed by atoms with Crippen molar-refractivity contribution in [3.63, 3.8) is 0 Å². The van der Waals surface area contributed by atoms with Gasteiger partial charge in [0.1, 0.15) is 5.75 Å². The Morgan fingerprint density at radius 3 is 2.06 bits per heavy atom. The number of carbonyl (C=O) groups is 1. The summed E-state index contributed by atoms with van der Waals surface area (Å²) < 4.78 is 44.6. The van der Waals surface area contributed by atoms with Crippen molar-refractivity contribution in [2.24, 2.45) is 0 Å². The Morgan fingerprint density at radius 2 is 1.50 bits per heavy atom. The summed E-state index contributed by atoms with van der Waals surface area (Å²) in [5.41, 5.74) is 2.00. The number of benzene rings is 3. The zero-order chi connectivity index (χ0) is 22.9. The second-order valence-electron chi connectivity index (χ2n) is 7.12. The minimum Gasteiger partial charge on any atom is -0.494 e. The van der Waals surface area contributed by atoms with Crippen molar-refractivity contribution in [1.82, 2.24) is 4.98 Å². The van der Waals surface area contributed by atoms with Crippen molar-refractivity contribution < 1.29 is 27.8 Å². The number of carboxylic acid groups (broad SMARTS) is 1. The van der Waals surface area contributed by atoms with Crippen molar-refractivity contribution in [1.29, 1.82) is 0 Å². The standard InChI is InChI=1S/C25H18F3NO3/c1-2-32-19-10-7-16(8-11-19)15-3-5-17(6-4-15)23-14-21(24(30)31)20-13-18(25(26,27)28)9-12-22(20)29-23/h3-14H,2H2,1H3,(H,30,31). The molecular formula is C25H18F3NO3. The van der Waals surface area contributed by atoms with Gasteiger partial charge in [-0.3, -0.25) is 0 Å². The smallest absolute Gasteiger partial charge is 0.416 e. The molecule has 1 heterocycles. The molecule has 0 aliphatic rings. The van der Waals surface area contributed by atoms with E-state index in [2.05, 4.69) is 4.98 Å². The number of rotatable bonds is 5. The maximum Gasteiger partial charge on any atom is 0.416 e. The molecule has 0 radical (unpaired) electrons. The Bertz CT molecular complexity index is 1280. The fraction of sp³-hybridized carbons (Fsp3) is 0.120. The molecule has 0 atom stereocenters. The molecule has 32 heavy (non-hydrogen) atoms. The molecule has 4 rings (SSSR count). The number of nitrogens with zero attached hydrogens (tertiary/aromatic N) is 1. The van der Waals surface area contributed by atoms with E-state index < -0.39 is 17.7 Å². The van der Waals surface area contributed by atoms with Crippen molar-refractivity contribution in [3.05, 3.63) is 83.9 Å². The van der Waals surface area contributed by atoms with E-state index in [1.807, 2.05) is 43.3 Å². The monoisotopic (exact) mass is 437 g/mol. The highest BCUT2D eigenvalue weighted by Gasteiger charge is 2.31. The van der Waals surface area contributed by atoms with E-state index in [0.29, 0.717) is 17.9 Å². The summed E-state index contributed by atoms with van der Waals surface area (Å²) in [6.07, 6.45) is -4.57. The number of halogens is 3. The van der Waals surface area contributed by atoms with Gasteiger partial charge < -0.3 is 9.84 Å². The third-order valence-corrected chi connectivity index (χ3v) is 5.05. The van der Waals surface area contributed by atoms with Crippen molar-refractivity contribution in [2.45, 2.75) is 13.1 Å². The third kappa shape index (κ3) is 4.27. The highest BCUT2D eigenvalue weighted by molar-refractivity contribution is 6.04. The number of fused-ring (bicyclic) bond motifs is 1. The largest absolute Gasteiger partial charge is 0.494 e. The number of hydrogen-bond acceptors (Lipinski definition) is 3. The van der Waals surface area contributed by atoms with Crippen LogP contribution in [0.15, 0.2) is 72.8 Å². The van der Waals surface area contributed by atoms with Gasteiger partial charge in [0.15, 0.2) is 0 Å². The van der Waals surface area contributed by atoms with Crippen LogP contribution in [0.3, 0.4) is 0 Å². The number of ether oxygens (including phenoxy) is 1. The molecule has 1 aromatic heterocycles. The van der Waals surface area contributed by atoms with Crippen LogP contribution < -0.4 is 4.74 Å². The van der Waals surface area contributed by atoms with Crippen LogP contribution in [-0.2, 0) is 6.18 Å². The van der Waals surface area contributed by atoms with E-state index in [1.54, 1.807) is 12.1 Å². The Labute approximate surface area is 181 Å². The van der Waals surface area contributed by atoms with Crippen LogP contribution in [-0.4, -0.2) is 22.7 Å². The maximum atomic E-state index is 13.1. The summed E-state index contributed by atoms with van der Waals surface area (Å²) in [6, 6.07) is 19.2. The predicted octanol–water partition coefficient (Wildman–Crippen LogP) is 6.68. The molecule has 0 amide bonds. The second-order valence-corrected chi connectivity index (χ2v) is 7.12. The number of pyridine rings is 1. The lowest BCUT2D eigenvalue weighted by Crippen LogP contribution is -2.06. The summed E-state index contributed by atoms with van der Waals surface area (Å²) in [6.45, 7) is 2.50. The summed E-state index contributed by atoms with van der Waals surface area (Å²) in [4.78, 5) is 16.2. The first-order valence-electron chi connectivity index (χ1n) is 9.85. The number of carboxylic acids is 1. The van der Waals surface area contributed by atoms with Crippen LogP contribution in [0.25, 0.3) is 33.3 Å². The highest BCUT2D eigenvalue weighted by atomic mass is 19.4. The lowest BCUT2D eigenvalue weighted by atomic mass is 10.00. The van der Waals surface area contributed by atoms with Gasteiger partial charge in [0.2, 0.25) is 0 Å². The number of aromatic nitrogens is 1. The second kappa shape index (κ2) is 8.34. The van der Waals surface area contributed by atoms with E-state index >= 15 is 0 Å². The Balaban J connectivity index is 1.72. The van der Waals surface area contributed by atoms with Gasteiger partial charge in [0.25, 0.3) is 0 Å². The lowest BCUT2D eigenvalue weighted by Gasteiger charge is -2.11. The van der Waals surface area contributed by atoms with Crippen molar-refractivity contribution in [2.75, 3.05) is 6.61 Å². The summed E-state index contributed by atoms with van der Waals surface area (Å²) in [7, 11) is 0. The Morgan fingerprint density at radius 1 is 0.906 bits per heavy atom. The molecule has 0 aliphatic carbocycles. The fourth-order valence-corrected chi connectivity index (χ4v) is 3.47. The Hall–Kier alpha value is -3.87. The quantitative estimate of drug-likeness (QED) is 0.378. The molecule has 1 N–H and O–H groups in total.